The van der Waals surface area contributed by atoms with E-state index in [1.54, 1.807) is 45.9 Å². The van der Waals surface area contributed by atoms with Gasteiger partial charge in [0.15, 0.2) is 17.3 Å². The third-order valence-corrected chi connectivity index (χ3v) is 7.15. The molecule has 1 unspecified atom stereocenters. The van der Waals surface area contributed by atoms with Crippen LogP contribution >= 0.6 is 0 Å². The zero-order valence-electron chi connectivity index (χ0n) is 23.8. The molecule has 4 rings (SSSR count). The van der Waals surface area contributed by atoms with Crippen molar-refractivity contribution >= 4 is 17.6 Å². The third-order valence-electron chi connectivity index (χ3n) is 7.15. The van der Waals surface area contributed by atoms with E-state index in [4.69, 9.17) is 14.2 Å². The molecule has 220 valence electrons. The number of methoxy groups -OCH3 is 2. The van der Waals surface area contributed by atoms with Crippen LogP contribution in [0.25, 0.3) is 0 Å². The van der Waals surface area contributed by atoms with Crippen molar-refractivity contribution < 1.29 is 41.8 Å². The van der Waals surface area contributed by atoms with Gasteiger partial charge in [0.05, 0.1) is 32.4 Å². The zero-order chi connectivity index (χ0) is 30.3. The first-order valence-corrected chi connectivity index (χ1v) is 13.1. The molecule has 1 aliphatic carbocycles. The minimum Gasteiger partial charge on any atom is -0.493 e. The molecule has 2 amide bonds. The first-order chi connectivity index (χ1) is 19.1. The molecule has 1 N–H and O–H groups in total. The van der Waals surface area contributed by atoms with E-state index in [0.29, 0.717) is 17.1 Å². The summed E-state index contributed by atoms with van der Waals surface area (Å²) in [5.41, 5.74) is -4.86. The van der Waals surface area contributed by atoms with Gasteiger partial charge in [-0.25, -0.2) is 0 Å². The van der Waals surface area contributed by atoms with Gasteiger partial charge in [0.1, 0.15) is 5.75 Å². The smallest absolute Gasteiger partial charge is 0.425 e. The number of alkyl halides is 3. The number of ether oxygens (including phenoxy) is 3. The molecule has 11 heteroatoms. The average Bonchev–Trinajstić information content (AvgIpc) is 3.11. The molecule has 41 heavy (non-hydrogen) atoms. The van der Waals surface area contributed by atoms with Crippen LogP contribution < -0.4 is 19.5 Å². The largest absolute Gasteiger partial charge is 0.493 e. The van der Waals surface area contributed by atoms with E-state index in [0.717, 1.165) is 4.90 Å². The summed E-state index contributed by atoms with van der Waals surface area (Å²) in [5.74, 6) is -2.47. The second-order valence-corrected chi connectivity index (χ2v) is 11.2. The number of hydrogen-bond acceptors (Lipinski definition) is 6. The Morgan fingerprint density at radius 1 is 1.02 bits per heavy atom. The lowest BCUT2D eigenvalue weighted by atomic mass is 9.72. The molecule has 2 aliphatic rings. The van der Waals surface area contributed by atoms with Crippen LogP contribution in [0.5, 0.6) is 17.2 Å². The lowest BCUT2D eigenvalue weighted by molar-refractivity contribution is -0.190. The molecule has 1 aliphatic heterocycles. The number of carbonyl (C=O) groups excluding carboxylic acids is 3. The van der Waals surface area contributed by atoms with Crippen LogP contribution in [0.4, 0.5) is 13.2 Å². The lowest BCUT2D eigenvalue weighted by Crippen LogP contribution is -2.66. The number of rotatable bonds is 8. The van der Waals surface area contributed by atoms with Gasteiger partial charge in [-0.15, -0.1) is 0 Å². The van der Waals surface area contributed by atoms with Crippen molar-refractivity contribution in [2.45, 2.75) is 64.9 Å². The summed E-state index contributed by atoms with van der Waals surface area (Å²) in [6, 6.07) is 10.3. The van der Waals surface area contributed by atoms with E-state index in [-0.39, 0.29) is 42.5 Å². The van der Waals surface area contributed by atoms with E-state index in [1.807, 2.05) is 5.32 Å². The summed E-state index contributed by atoms with van der Waals surface area (Å²) in [6.07, 6.45) is -5.68. The van der Waals surface area contributed by atoms with Crippen LogP contribution in [-0.2, 0) is 16.1 Å². The van der Waals surface area contributed by atoms with E-state index >= 15 is 13.2 Å². The minimum absolute atomic E-state index is 0.0149. The standard InChI is InChI=1S/C30H33F3N2O6/c1-17(2)41-20-12-10-18(11-13-20)26(37)34-29(30(31,32)33)24-21(14-28(3,4)15-22(24)36)35(27(29)38)16-19-8-7-9-23(39-5)25(19)40-6/h7-13,17H,14-16H2,1-6H3,(H,34,37). The number of hydrogen-bond donors (Lipinski definition) is 1. The number of carbonyl (C=O) groups is 3. The molecule has 0 spiro atoms. The Bertz CT molecular complexity index is 1400. The van der Waals surface area contributed by atoms with Gasteiger partial charge in [0.25, 0.3) is 11.8 Å². The quantitative estimate of drug-likeness (QED) is 0.466. The molecular weight excluding hydrogens is 541 g/mol. The fraction of sp³-hybridized carbons (Fsp3) is 0.433. The Morgan fingerprint density at radius 2 is 1.68 bits per heavy atom. The summed E-state index contributed by atoms with van der Waals surface area (Å²) >= 11 is 0. The first-order valence-electron chi connectivity index (χ1n) is 13.1. The number of ketones is 1. The van der Waals surface area contributed by atoms with Gasteiger partial charge in [0, 0.05) is 23.2 Å². The molecule has 0 fully saturated rings. The lowest BCUT2D eigenvalue weighted by Gasteiger charge is -2.35. The highest BCUT2D eigenvalue weighted by molar-refractivity contribution is 6.14. The predicted molar refractivity (Wildman–Crippen MR) is 144 cm³/mol. The molecule has 1 heterocycles. The van der Waals surface area contributed by atoms with Crippen molar-refractivity contribution in [2.24, 2.45) is 5.41 Å². The molecule has 0 saturated heterocycles. The maximum Gasteiger partial charge on any atom is 0.425 e. The first kappa shape index (κ1) is 30.0. The number of para-hydroxylation sites is 1. The molecule has 0 radical (unpaired) electrons. The van der Waals surface area contributed by atoms with Crippen molar-refractivity contribution in [3.63, 3.8) is 0 Å². The molecule has 2 aromatic rings. The number of benzene rings is 2. The Labute approximate surface area is 236 Å². The number of allylic oxidation sites excluding steroid dienone is 1. The molecule has 0 aromatic heterocycles. The third kappa shape index (κ3) is 5.37. The van der Waals surface area contributed by atoms with Gasteiger partial charge in [-0.2, -0.15) is 13.2 Å². The average molecular weight is 575 g/mol. The maximum atomic E-state index is 15.1. The Morgan fingerprint density at radius 3 is 2.24 bits per heavy atom. The second-order valence-electron chi connectivity index (χ2n) is 11.2. The highest BCUT2D eigenvalue weighted by atomic mass is 19.4. The van der Waals surface area contributed by atoms with Gasteiger partial charge >= 0.3 is 6.18 Å². The van der Waals surface area contributed by atoms with Crippen LogP contribution in [0.2, 0.25) is 0 Å². The van der Waals surface area contributed by atoms with Crippen LogP contribution in [-0.4, -0.2) is 54.5 Å². The number of Topliss-reactive ketones (excluding diaryl/α,β-unsaturated/α-hetero) is 1. The highest BCUT2D eigenvalue weighted by Crippen LogP contribution is 2.52. The van der Waals surface area contributed by atoms with Crippen molar-refractivity contribution in [1.82, 2.24) is 10.2 Å². The Kier molecular flexibility index (Phi) is 7.86. The van der Waals surface area contributed by atoms with Gasteiger partial charge < -0.3 is 24.4 Å². The predicted octanol–water partition coefficient (Wildman–Crippen LogP) is 5.21. The minimum atomic E-state index is -5.33. The monoisotopic (exact) mass is 574 g/mol. The van der Waals surface area contributed by atoms with Crippen LogP contribution in [0, 0.1) is 5.41 Å². The van der Waals surface area contributed by atoms with Crippen molar-refractivity contribution in [3.05, 3.63) is 64.9 Å². The second kappa shape index (κ2) is 10.8. The van der Waals surface area contributed by atoms with E-state index in [9.17, 15) is 14.4 Å². The number of halogens is 3. The number of nitrogens with one attached hydrogen (secondary N) is 1. The Hall–Kier alpha value is -4.02. The van der Waals surface area contributed by atoms with Crippen molar-refractivity contribution in [1.29, 1.82) is 0 Å². The summed E-state index contributed by atoms with van der Waals surface area (Å²) in [7, 11) is 2.79. The van der Waals surface area contributed by atoms with E-state index in [1.165, 1.54) is 38.5 Å². The SMILES string of the molecule is COc1cccc(CN2C(=O)C(NC(=O)c3ccc(OC(C)C)cc3)(C(F)(F)F)C3=C2CC(C)(C)CC3=O)c1OC. The highest BCUT2D eigenvalue weighted by Gasteiger charge is 2.71. The Balaban J connectivity index is 1.83. The number of amides is 2. The molecule has 8 nitrogen and oxygen atoms in total. The van der Waals surface area contributed by atoms with Gasteiger partial charge in [-0.3, -0.25) is 14.4 Å². The molecule has 0 saturated carbocycles. The van der Waals surface area contributed by atoms with Crippen LogP contribution in [0.3, 0.4) is 0 Å². The van der Waals surface area contributed by atoms with Gasteiger partial charge in [-0.1, -0.05) is 26.0 Å². The summed E-state index contributed by atoms with van der Waals surface area (Å²) in [5, 5.41) is 1.95. The molecular formula is C30H33F3N2O6. The topological polar surface area (TPSA) is 94.2 Å². The van der Waals surface area contributed by atoms with Crippen molar-refractivity contribution in [2.75, 3.05) is 14.2 Å². The summed E-state index contributed by atoms with van der Waals surface area (Å²) in [6.45, 7) is 6.77. The molecule has 0 bridgehead atoms. The van der Waals surface area contributed by atoms with E-state index in [2.05, 4.69) is 0 Å². The number of nitrogens with zero attached hydrogens (tertiary/aromatic N) is 1. The summed E-state index contributed by atoms with van der Waals surface area (Å²) in [4.78, 5) is 41.7. The van der Waals surface area contributed by atoms with Crippen LogP contribution in [0.1, 0.15) is 56.5 Å². The van der Waals surface area contributed by atoms with E-state index < -0.39 is 40.3 Å². The van der Waals surface area contributed by atoms with Gasteiger partial charge in [-0.05, 0) is 56.0 Å². The van der Waals surface area contributed by atoms with Crippen molar-refractivity contribution in [3.8, 4) is 17.2 Å². The van der Waals surface area contributed by atoms with Crippen LogP contribution in [0.15, 0.2) is 53.7 Å². The van der Waals surface area contributed by atoms with Gasteiger partial charge in [0.2, 0.25) is 5.54 Å². The normalized spacial score (nSPS) is 20.3. The maximum absolute atomic E-state index is 15.1. The fourth-order valence-corrected chi connectivity index (χ4v) is 5.44. The molecule has 2 aromatic carbocycles. The molecule has 1 atom stereocenters. The zero-order valence-corrected chi connectivity index (χ0v) is 23.8. The fourth-order valence-electron chi connectivity index (χ4n) is 5.44. The summed E-state index contributed by atoms with van der Waals surface area (Å²) < 4.78 is 61.7.